The van der Waals surface area contributed by atoms with Crippen LogP contribution >= 0.6 is 0 Å². The van der Waals surface area contributed by atoms with Gasteiger partial charge in [-0.2, -0.15) is 0 Å². The summed E-state index contributed by atoms with van der Waals surface area (Å²) in [5.74, 6) is 4.30. The van der Waals surface area contributed by atoms with Gasteiger partial charge in [-0.05, 0) is 126 Å². The Kier molecular flexibility index (Phi) is 9.98. The van der Waals surface area contributed by atoms with Crippen molar-refractivity contribution in [1.82, 2.24) is 4.90 Å². The van der Waals surface area contributed by atoms with Gasteiger partial charge in [0, 0.05) is 24.2 Å². The molecule has 0 heterocycles. The van der Waals surface area contributed by atoms with Crippen LogP contribution in [0.4, 0.5) is 0 Å². The molecule has 0 unspecified atom stereocenters. The summed E-state index contributed by atoms with van der Waals surface area (Å²) in [7, 11) is 0. The third kappa shape index (κ3) is 7.11. The maximum absolute atomic E-state index is 11.3. The first-order valence-electron chi connectivity index (χ1n) is 15.1. The molecule has 0 aliphatic heterocycles. The first-order valence-corrected chi connectivity index (χ1v) is 15.1. The van der Waals surface area contributed by atoms with Crippen LogP contribution in [0, 0.1) is 29.6 Å². The summed E-state index contributed by atoms with van der Waals surface area (Å²) >= 11 is 0. The number of esters is 1. The van der Waals surface area contributed by atoms with E-state index in [1.807, 2.05) is 0 Å². The van der Waals surface area contributed by atoms with Crippen LogP contribution in [0.1, 0.15) is 123 Å². The van der Waals surface area contributed by atoms with Crippen LogP contribution in [0.2, 0.25) is 0 Å². The first kappa shape index (κ1) is 26.2. The normalized spacial score (nSPS) is 39.5. The van der Waals surface area contributed by atoms with Gasteiger partial charge in [0.25, 0.3) is 0 Å². The fraction of sp³-hybridized carbons (Fsp3) is 0.903. The van der Waals surface area contributed by atoms with Crippen molar-refractivity contribution >= 4 is 5.97 Å². The Hall–Kier alpha value is -0.830. The van der Waals surface area contributed by atoms with Crippen molar-refractivity contribution < 1.29 is 9.53 Å². The van der Waals surface area contributed by atoms with Crippen LogP contribution in [0.5, 0.6) is 0 Å². The second kappa shape index (κ2) is 12.9. The molecule has 4 rings (SSSR count). The summed E-state index contributed by atoms with van der Waals surface area (Å²) in [5, 5.41) is 0. The number of rotatable bonds is 8. The second-order valence-corrected chi connectivity index (χ2v) is 12.8. The Bertz CT molecular complexity index is 593. The Morgan fingerprint density at radius 1 is 0.706 bits per heavy atom. The van der Waals surface area contributed by atoms with Crippen molar-refractivity contribution in [2.75, 3.05) is 6.61 Å². The van der Waals surface area contributed by atoms with E-state index in [-0.39, 0.29) is 5.97 Å². The van der Waals surface area contributed by atoms with E-state index in [0.29, 0.717) is 6.61 Å². The highest BCUT2D eigenvalue weighted by molar-refractivity contribution is 5.81. The van der Waals surface area contributed by atoms with E-state index in [9.17, 15) is 4.79 Å². The summed E-state index contributed by atoms with van der Waals surface area (Å²) in [6.45, 7) is 8.99. The highest BCUT2D eigenvalue weighted by atomic mass is 16.5. The third-order valence-corrected chi connectivity index (χ3v) is 10.5. The molecule has 3 nitrogen and oxygen atoms in total. The second-order valence-electron chi connectivity index (χ2n) is 12.8. The average molecular weight is 472 g/mol. The summed E-state index contributed by atoms with van der Waals surface area (Å²) in [6.07, 6.45) is 25.3. The SMILES string of the molecule is C=CC(=O)OCCC1CCC(C2CCC(N(C3CCC(C)CC3)C3CCC(C)CC3)CC2)CC1. The third-order valence-electron chi connectivity index (χ3n) is 10.5. The Morgan fingerprint density at radius 3 is 1.56 bits per heavy atom. The molecular weight excluding hydrogens is 418 g/mol. The van der Waals surface area contributed by atoms with Gasteiger partial charge in [0.2, 0.25) is 0 Å². The average Bonchev–Trinajstić information content (AvgIpc) is 2.87. The zero-order chi connectivity index (χ0) is 23.9. The minimum Gasteiger partial charge on any atom is -0.463 e. The molecule has 34 heavy (non-hydrogen) atoms. The van der Waals surface area contributed by atoms with E-state index < -0.39 is 0 Å². The number of hydrogen-bond donors (Lipinski definition) is 0. The van der Waals surface area contributed by atoms with Crippen molar-refractivity contribution in [3.8, 4) is 0 Å². The van der Waals surface area contributed by atoms with Crippen molar-refractivity contribution in [3.63, 3.8) is 0 Å². The molecule has 3 heteroatoms. The monoisotopic (exact) mass is 471 g/mol. The summed E-state index contributed by atoms with van der Waals surface area (Å²) in [4.78, 5) is 14.4. The maximum Gasteiger partial charge on any atom is 0.330 e. The molecule has 0 radical (unpaired) electrons. The van der Waals surface area contributed by atoms with Gasteiger partial charge in [0.05, 0.1) is 6.61 Å². The highest BCUT2D eigenvalue weighted by Gasteiger charge is 2.39. The van der Waals surface area contributed by atoms with Crippen molar-refractivity contribution in [2.24, 2.45) is 29.6 Å². The molecule has 4 aliphatic rings. The van der Waals surface area contributed by atoms with Crippen LogP contribution in [0.15, 0.2) is 12.7 Å². The number of carbonyl (C=O) groups excluding carboxylic acids is 1. The molecule has 0 spiro atoms. The lowest BCUT2D eigenvalue weighted by Gasteiger charge is -2.50. The minimum absolute atomic E-state index is 0.273. The number of carbonyl (C=O) groups is 1. The van der Waals surface area contributed by atoms with E-state index >= 15 is 0 Å². The van der Waals surface area contributed by atoms with E-state index in [0.717, 1.165) is 54.1 Å². The van der Waals surface area contributed by atoms with Crippen molar-refractivity contribution in [3.05, 3.63) is 12.7 Å². The first-order chi connectivity index (χ1) is 16.5. The van der Waals surface area contributed by atoms with Gasteiger partial charge in [-0.1, -0.05) is 33.3 Å². The molecule has 0 aromatic carbocycles. The fourth-order valence-corrected chi connectivity index (χ4v) is 8.18. The van der Waals surface area contributed by atoms with Gasteiger partial charge < -0.3 is 4.74 Å². The molecule has 194 valence electrons. The van der Waals surface area contributed by atoms with Gasteiger partial charge in [-0.3, -0.25) is 4.90 Å². The Labute approximate surface area is 210 Å². The predicted octanol–water partition coefficient (Wildman–Crippen LogP) is 7.93. The quantitative estimate of drug-likeness (QED) is 0.266. The lowest BCUT2D eigenvalue weighted by atomic mass is 9.69. The zero-order valence-electron chi connectivity index (χ0n) is 22.4. The van der Waals surface area contributed by atoms with Gasteiger partial charge in [0.1, 0.15) is 0 Å². The topological polar surface area (TPSA) is 29.5 Å². The minimum atomic E-state index is -0.273. The van der Waals surface area contributed by atoms with Crippen molar-refractivity contribution in [2.45, 2.75) is 141 Å². The van der Waals surface area contributed by atoms with Gasteiger partial charge in [-0.25, -0.2) is 4.79 Å². The molecular formula is C31H53NO2. The largest absolute Gasteiger partial charge is 0.463 e. The van der Waals surface area contributed by atoms with Crippen LogP contribution in [0.25, 0.3) is 0 Å². The lowest BCUT2D eigenvalue weighted by Crippen LogP contribution is -2.52. The van der Waals surface area contributed by atoms with E-state index in [4.69, 9.17) is 4.74 Å². The highest BCUT2D eigenvalue weighted by Crippen LogP contribution is 2.44. The summed E-state index contributed by atoms with van der Waals surface area (Å²) in [6, 6.07) is 2.62. The standard InChI is InChI=1S/C31H53NO2/c1-4-31(33)34-22-21-25-9-11-26(12-10-25)27-13-19-30(20-14-27)32(28-15-5-23(2)6-16-28)29-17-7-24(3)8-18-29/h4,23-30H,1,5-22H2,2-3H3. The molecule has 4 aliphatic carbocycles. The fourth-order valence-electron chi connectivity index (χ4n) is 8.18. The van der Waals surface area contributed by atoms with E-state index in [2.05, 4.69) is 25.3 Å². The smallest absolute Gasteiger partial charge is 0.330 e. The van der Waals surface area contributed by atoms with Crippen LogP contribution in [0.3, 0.4) is 0 Å². The van der Waals surface area contributed by atoms with Gasteiger partial charge in [-0.15, -0.1) is 0 Å². The summed E-state index contributed by atoms with van der Waals surface area (Å²) < 4.78 is 5.22. The molecule has 4 saturated carbocycles. The number of nitrogens with zero attached hydrogens (tertiary/aromatic N) is 1. The molecule has 0 aromatic rings. The molecule has 0 atom stereocenters. The van der Waals surface area contributed by atoms with Gasteiger partial charge in [0.15, 0.2) is 0 Å². The molecule has 0 amide bonds. The van der Waals surface area contributed by atoms with Gasteiger partial charge >= 0.3 is 5.97 Å². The zero-order valence-corrected chi connectivity index (χ0v) is 22.4. The molecule has 0 bridgehead atoms. The van der Waals surface area contributed by atoms with E-state index in [1.165, 1.54) is 109 Å². The lowest BCUT2D eigenvalue weighted by molar-refractivity contribution is -0.138. The van der Waals surface area contributed by atoms with E-state index in [1.54, 1.807) is 0 Å². The maximum atomic E-state index is 11.3. The predicted molar refractivity (Wildman–Crippen MR) is 142 cm³/mol. The molecule has 0 aromatic heterocycles. The molecule has 0 saturated heterocycles. The van der Waals surface area contributed by atoms with Crippen molar-refractivity contribution in [1.29, 1.82) is 0 Å². The molecule has 4 fully saturated rings. The van der Waals surface area contributed by atoms with Crippen LogP contribution in [-0.4, -0.2) is 35.6 Å². The summed E-state index contributed by atoms with van der Waals surface area (Å²) in [5.41, 5.74) is 0. The Balaban J connectivity index is 1.25. The van der Waals surface area contributed by atoms with Crippen LogP contribution < -0.4 is 0 Å². The Morgan fingerprint density at radius 2 is 1.12 bits per heavy atom. The van der Waals surface area contributed by atoms with Crippen LogP contribution in [-0.2, 0) is 9.53 Å². The molecule has 0 N–H and O–H groups in total. The number of hydrogen-bond acceptors (Lipinski definition) is 3. The number of ether oxygens (including phenoxy) is 1.